The van der Waals surface area contributed by atoms with Gasteiger partial charge in [-0.05, 0) is 147 Å². The van der Waals surface area contributed by atoms with Crippen LogP contribution in [0.25, 0.3) is 97.5 Å². The van der Waals surface area contributed by atoms with Crippen LogP contribution < -0.4 is 21.2 Å². The van der Waals surface area contributed by atoms with Crippen molar-refractivity contribution in [1.82, 2.24) is 19.9 Å². The van der Waals surface area contributed by atoms with Crippen molar-refractivity contribution in [1.29, 1.82) is 2.61 Å². The molecule has 2 radical (unpaired) electrons. The number of rotatable bonds is 11. The number of hydrogen-bond acceptors (Lipinski definition) is 7. The van der Waals surface area contributed by atoms with E-state index in [2.05, 4.69) is 182 Å². The van der Waals surface area contributed by atoms with Gasteiger partial charge in [0.05, 0.1) is 24.1 Å². The largest absolute Gasteiger partial charge is 0.309 e. The topological polar surface area (TPSA) is 85.7 Å². The van der Waals surface area contributed by atoms with Crippen LogP contribution in [0, 0.1) is 0 Å². The molecule has 0 N–H and O–H groups in total. The number of thiophene rings is 1. The summed E-state index contributed by atoms with van der Waals surface area (Å²) in [5.41, 5.74) is 10.7. The van der Waals surface area contributed by atoms with Gasteiger partial charge < -0.3 is 4.57 Å². The van der Waals surface area contributed by atoms with E-state index in [-0.39, 0.29) is 57.2 Å². The quantitative estimate of drug-likeness (QED) is 0.0729. The molecule has 0 spiro atoms. The molecule has 4 atom stereocenters. The minimum absolute atomic E-state index is 0. The minimum Gasteiger partial charge on any atom is -0.309 e. The predicted octanol–water partition coefficient (Wildman–Crippen LogP) is 19.8. The van der Waals surface area contributed by atoms with E-state index in [1.807, 2.05) is 146 Å². The summed E-state index contributed by atoms with van der Waals surface area (Å²) < 4.78 is 40.9. The number of hydrogen-bond donors (Lipinski definition) is 0. The molecular formula is C75H61BN4O2P7SY. The van der Waals surface area contributed by atoms with Gasteiger partial charge in [-0.2, -0.15) is 0 Å². The molecule has 10 aromatic carbocycles. The van der Waals surface area contributed by atoms with Gasteiger partial charge in [0.15, 0.2) is 15.6 Å². The van der Waals surface area contributed by atoms with Crippen molar-refractivity contribution >= 4 is 151 Å². The Morgan fingerprint density at radius 1 is 0.429 bits per heavy atom. The maximum Gasteiger partial charge on any atom is 0.192 e. The molecule has 0 saturated carbocycles. The molecule has 15 aromatic rings. The van der Waals surface area contributed by atoms with E-state index in [1.165, 1.54) is 51.0 Å². The normalized spacial score (nSPS) is 11.3. The number of nitrogens with zero attached hydrogens (tertiary/aromatic N) is 4. The molecule has 5 aromatic heterocycles. The van der Waals surface area contributed by atoms with Crippen LogP contribution in [-0.4, -0.2) is 30.1 Å². The van der Waals surface area contributed by atoms with Crippen LogP contribution in [0.15, 0.2) is 304 Å². The van der Waals surface area contributed by atoms with Gasteiger partial charge in [-0.1, -0.05) is 194 Å². The predicted molar refractivity (Wildman–Crippen MR) is 406 cm³/mol. The SMILES string of the molecule is O=Pc1ccc2sc3ccc(P(=O)(c4ccccc4)c4ccccc4)cc3c2c1.[3H]PP.[3H][B]P(P)P.[Y].c1ccc(-c2ccc(-c3ccc4c5ccc(-c6ccc(-c7ccccn7)nc6)cc5c5ccccc5c4c3)cn2)nc1.c1ccc(Cc2ccccc2)cc1. The summed E-state index contributed by atoms with van der Waals surface area (Å²) in [6.07, 6.45) is 8.50. The zero-order valence-corrected chi connectivity index (χ0v) is 60.1. The van der Waals surface area contributed by atoms with E-state index in [0.717, 1.165) is 92.8 Å². The first kappa shape index (κ1) is 64.5. The van der Waals surface area contributed by atoms with Crippen molar-refractivity contribution < 1.29 is 41.8 Å². The standard InChI is InChI=1S/C38H24N4.C24H16O2P2S.C13H12.BH5P3.H4P2.Y/c1-2-8-30-29(7-1)33-21-25(27-13-17-37(41-23-27)35-9-3-5-19-39-35)11-15-31(33)32-16-12-26(22-34(30)32)28-14-18-38(42-24-28)36-10-4-6-20-40-36;25-27-17-11-13-23-21(15-17)22-16-20(12-14-24(22)29-23)28(26,18-7-3-1-4-8-18)19-9-5-2-6-10-19;1-3-7-12(8-4-1)11-13-9-5-2-6-10-13;1-4(2)3;1-2;/h1-24H;1-16H;1-10H,11H2;1H,2-3H2;1-2H2;/i;;;2*1T;. The van der Waals surface area contributed by atoms with Crippen molar-refractivity contribution in [3.8, 4) is 45.0 Å². The van der Waals surface area contributed by atoms with Crippen LogP contribution in [0.1, 0.15) is 11.1 Å². The molecule has 0 saturated heterocycles. The molecule has 91 heavy (non-hydrogen) atoms. The van der Waals surface area contributed by atoms with Crippen molar-refractivity contribution in [2.75, 3.05) is 0 Å². The van der Waals surface area contributed by atoms with E-state index in [0.29, 0.717) is 0 Å². The minimum atomic E-state index is -3.01. The number of aromatic nitrogens is 4. The van der Waals surface area contributed by atoms with E-state index in [9.17, 15) is 9.13 Å². The van der Waals surface area contributed by atoms with Crippen LogP contribution >= 0.6 is 69.8 Å². The van der Waals surface area contributed by atoms with Crippen molar-refractivity contribution in [2.45, 2.75) is 6.42 Å². The Kier molecular flexibility index (Phi) is 23.3. The third-order valence-corrected chi connectivity index (χ3v) is 19.8. The average molecular weight is 1400 g/mol. The summed E-state index contributed by atoms with van der Waals surface area (Å²) in [7, 11) is 5.74. The third-order valence-electron chi connectivity index (χ3n) is 15.1. The fourth-order valence-corrected chi connectivity index (χ4v) is 15.0. The number of fused-ring (bicyclic) bond motifs is 9. The van der Waals surface area contributed by atoms with Gasteiger partial charge >= 0.3 is 0 Å². The van der Waals surface area contributed by atoms with Crippen LogP contribution in [-0.2, 0) is 48.3 Å². The Morgan fingerprint density at radius 3 is 1.24 bits per heavy atom. The Hall–Kier alpha value is -6.55. The average Bonchev–Trinajstić information content (AvgIpc) is 1.42. The van der Waals surface area contributed by atoms with Gasteiger partial charge in [-0.3, -0.25) is 24.5 Å². The fraction of sp³-hybridized carbons (Fsp3) is 0.0133. The Labute approximate surface area is 576 Å². The van der Waals surface area contributed by atoms with Crippen molar-refractivity contribution in [3.63, 3.8) is 0 Å². The first-order valence-corrected chi connectivity index (χ1v) is 39.1. The maximum absolute atomic E-state index is 14.6. The van der Waals surface area contributed by atoms with E-state index in [1.54, 1.807) is 23.7 Å². The number of pyridine rings is 4. The molecule has 0 fully saturated rings. The molecule has 440 valence electrons. The fourth-order valence-electron chi connectivity index (χ4n) is 10.9. The summed E-state index contributed by atoms with van der Waals surface area (Å²) in [6.45, 7) is 0. The van der Waals surface area contributed by atoms with E-state index >= 15 is 0 Å². The Morgan fingerprint density at radius 2 is 0.824 bits per heavy atom. The number of benzene rings is 10. The summed E-state index contributed by atoms with van der Waals surface area (Å²) in [4.78, 5) is 18.3. The van der Waals surface area contributed by atoms with Gasteiger partial charge in [0.1, 0.15) is 7.53 Å². The third kappa shape index (κ3) is 16.3. The summed E-state index contributed by atoms with van der Waals surface area (Å²) in [6, 6.07) is 94.7. The van der Waals surface area contributed by atoms with Gasteiger partial charge in [-0.25, -0.2) is 0 Å². The molecule has 0 aliphatic rings. The van der Waals surface area contributed by atoms with Crippen LogP contribution in [0.2, 0.25) is 0 Å². The Bertz CT molecular complexity index is 4710. The second kappa shape index (κ2) is 32.8. The summed E-state index contributed by atoms with van der Waals surface area (Å²) in [5, 5.41) is 12.7. The molecule has 0 aliphatic heterocycles. The molecule has 0 amide bonds. The van der Waals surface area contributed by atoms with Crippen LogP contribution in [0.4, 0.5) is 0 Å². The molecular weight excluding hydrogens is 1340 g/mol. The molecule has 0 bridgehead atoms. The summed E-state index contributed by atoms with van der Waals surface area (Å²) in [5.74, 6) is 0. The van der Waals surface area contributed by atoms with Crippen LogP contribution in [0.3, 0.4) is 0 Å². The summed E-state index contributed by atoms with van der Waals surface area (Å²) >= 11 is 1.70. The molecule has 5 heterocycles. The van der Waals surface area contributed by atoms with Crippen molar-refractivity contribution in [2.24, 2.45) is 0 Å². The van der Waals surface area contributed by atoms with Gasteiger partial charge in [0, 0.05) is 110 Å². The second-order valence-corrected chi connectivity index (χ2v) is 31.6. The smallest absolute Gasteiger partial charge is 0.192 e. The van der Waals surface area contributed by atoms with Crippen molar-refractivity contribution in [3.05, 3.63) is 315 Å². The zero-order chi connectivity index (χ0) is 63.7. The van der Waals surface area contributed by atoms with E-state index < -0.39 is 7.14 Å². The maximum atomic E-state index is 14.6. The molecule has 6 nitrogen and oxygen atoms in total. The molecule has 0 aliphatic carbocycles. The first-order chi connectivity index (χ1) is 45.1. The van der Waals surface area contributed by atoms with Crippen LogP contribution in [0.5, 0.6) is 0 Å². The zero-order valence-electron chi connectivity index (χ0n) is 51.3. The van der Waals surface area contributed by atoms with E-state index in [4.69, 9.17) is 12.6 Å². The van der Waals surface area contributed by atoms with Gasteiger partial charge in [0.25, 0.3) is 0 Å². The first-order valence-electron chi connectivity index (χ1n) is 29.8. The second-order valence-electron chi connectivity index (χ2n) is 20.8. The molecule has 4 unspecified atom stereocenters. The Balaban J connectivity index is 0.000000159. The molecule has 15 rings (SSSR count). The molecule has 16 heteroatoms. The van der Waals surface area contributed by atoms with Gasteiger partial charge in [0.2, 0.25) is 0 Å². The van der Waals surface area contributed by atoms with Gasteiger partial charge in [-0.15, -0.1) is 54.2 Å². The monoisotopic (exact) mass is 1400 g/mol.